The highest BCUT2D eigenvalue weighted by molar-refractivity contribution is 7.13. The summed E-state index contributed by atoms with van der Waals surface area (Å²) in [5.41, 5.74) is 0.171. The van der Waals surface area contributed by atoms with Gasteiger partial charge in [-0.25, -0.2) is 4.39 Å². The number of aryl methyl sites for hydroxylation is 1. The van der Waals surface area contributed by atoms with Crippen molar-refractivity contribution in [1.29, 1.82) is 5.41 Å². The number of nitrogens with one attached hydrogen (secondary N) is 1. The summed E-state index contributed by atoms with van der Waals surface area (Å²) in [6.07, 6.45) is 0. The Labute approximate surface area is 83.7 Å². The van der Waals surface area contributed by atoms with Gasteiger partial charge in [0.15, 0.2) is 0 Å². The fourth-order valence-corrected chi connectivity index (χ4v) is 2.35. The zero-order valence-electron chi connectivity index (χ0n) is 7.54. The van der Waals surface area contributed by atoms with E-state index < -0.39 is 0 Å². The third kappa shape index (κ3) is 1.13. The monoisotopic (exact) mass is 212 g/mol. The number of hydrogen-bond acceptors (Lipinski definition) is 3. The number of hydrogen-bond donors (Lipinski definition) is 2. The summed E-state index contributed by atoms with van der Waals surface area (Å²) in [5.74, 6) is -0.418. The molecule has 2 N–H and O–H groups in total. The van der Waals surface area contributed by atoms with Gasteiger partial charge < -0.3 is 5.11 Å². The first kappa shape index (κ1) is 9.21. The number of aromatic hydroxyl groups is 1. The average molecular weight is 212 g/mol. The molecule has 0 amide bonds. The molecule has 1 aromatic heterocycles. The van der Waals surface area contributed by atoms with Crippen molar-refractivity contribution in [3.63, 3.8) is 0 Å². The Morgan fingerprint density at radius 1 is 1.57 bits per heavy atom. The van der Waals surface area contributed by atoms with Gasteiger partial charge in [0, 0.05) is 6.54 Å². The largest absolute Gasteiger partial charge is 0.507 e. The molecular weight excluding hydrogens is 203 g/mol. The van der Waals surface area contributed by atoms with Crippen LogP contribution in [0.15, 0.2) is 12.1 Å². The lowest BCUT2D eigenvalue weighted by Gasteiger charge is -1.93. The summed E-state index contributed by atoms with van der Waals surface area (Å²) in [7, 11) is 0. The van der Waals surface area contributed by atoms with Gasteiger partial charge in [0.2, 0.25) is 0 Å². The molecule has 0 saturated carbocycles. The molecule has 1 heterocycles. The van der Waals surface area contributed by atoms with Gasteiger partial charge in [-0.3, -0.25) is 9.37 Å². The topological polar surface area (TPSA) is 49.0 Å². The quantitative estimate of drug-likeness (QED) is 0.746. The van der Waals surface area contributed by atoms with Crippen LogP contribution in [0.25, 0.3) is 10.1 Å². The third-order valence-electron chi connectivity index (χ3n) is 2.06. The molecule has 0 spiro atoms. The van der Waals surface area contributed by atoms with Crippen molar-refractivity contribution in [2.75, 3.05) is 0 Å². The Morgan fingerprint density at radius 3 is 2.86 bits per heavy atom. The van der Waals surface area contributed by atoms with E-state index in [2.05, 4.69) is 0 Å². The lowest BCUT2D eigenvalue weighted by atomic mass is 10.2. The molecular formula is C9H9FN2OS. The van der Waals surface area contributed by atoms with Crippen LogP contribution in [0.1, 0.15) is 6.92 Å². The number of phenolic OH excluding ortho intramolecular Hbond substituents is 1. The first-order chi connectivity index (χ1) is 6.65. The SMILES string of the molecule is CCn1sc2c(F)ccc(O)c2c1=N. The third-order valence-corrected chi connectivity index (χ3v) is 3.31. The summed E-state index contributed by atoms with van der Waals surface area (Å²) in [4.78, 5) is 0. The molecule has 0 aliphatic heterocycles. The number of aromatic nitrogens is 1. The molecule has 5 heteroatoms. The van der Waals surface area contributed by atoms with Crippen LogP contribution in [0.4, 0.5) is 4.39 Å². The molecule has 0 atom stereocenters. The first-order valence-electron chi connectivity index (χ1n) is 4.21. The van der Waals surface area contributed by atoms with E-state index in [1.54, 1.807) is 3.96 Å². The molecule has 2 aromatic rings. The van der Waals surface area contributed by atoms with Crippen molar-refractivity contribution in [1.82, 2.24) is 3.96 Å². The van der Waals surface area contributed by atoms with Crippen LogP contribution in [0.5, 0.6) is 5.75 Å². The van der Waals surface area contributed by atoms with E-state index >= 15 is 0 Å². The zero-order chi connectivity index (χ0) is 10.3. The Balaban J connectivity index is 2.98. The van der Waals surface area contributed by atoms with Gasteiger partial charge in [-0.1, -0.05) is 11.5 Å². The smallest absolute Gasteiger partial charge is 0.146 e. The molecule has 0 unspecified atom stereocenters. The van der Waals surface area contributed by atoms with Crippen LogP contribution < -0.4 is 5.49 Å². The Morgan fingerprint density at radius 2 is 2.29 bits per heavy atom. The van der Waals surface area contributed by atoms with E-state index in [0.717, 1.165) is 11.5 Å². The van der Waals surface area contributed by atoms with Gasteiger partial charge in [0.25, 0.3) is 0 Å². The maximum atomic E-state index is 13.3. The lowest BCUT2D eigenvalue weighted by Crippen LogP contribution is -2.11. The van der Waals surface area contributed by atoms with Gasteiger partial charge in [0.05, 0.1) is 10.1 Å². The lowest BCUT2D eigenvalue weighted by molar-refractivity contribution is 0.479. The molecule has 74 valence electrons. The summed E-state index contributed by atoms with van der Waals surface area (Å²) in [6.45, 7) is 2.49. The summed E-state index contributed by atoms with van der Waals surface area (Å²) in [5, 5.41) is 17.5. The molecule has 0 aliphatic carbocycles. The average Bonchev–Trinajstić information content (AvgIpc) is 2.51. The fourth-order valence-electron chi connectivity index (χ4n) is 1.37. The van der Waals surface area contributed by atoms with Crippen LogP contribution >= 0.6 is 11.5 Å². The fraction of sp³-hybridized carbons (Fsp3) is 0.222. The number of fused-ring (bicyclic) bond motifs is 1. The van der Waals surface area contributed by atoms with E-state index in [9.17, 15) is 9.50 Å². The summed E-state index contributed by atoms with van der Waals surface area (Å²) in [6, 6.07) is 2.50. The minimum atomic E-state index is -0.386. The normalized spacial score (nSPS) is 11.0. The maximum absolute atomic E-state index is 13.3. The Hall–Kier alpha value is -1.36. The highest BCUT2D eigenvalue weighted by atomic mass is 32.1. The zero-order valence-corrected chi connectivity index (χ0v) is 8.36. The van der Waals surface area contributed by atoms with Gasteiger partial charge >= 0.3 is 0 Å². The first-order valence-corrected chi connectivity index (χ1v) is 4.98. The van der Waals surface area contributed by atoms with E-state index in [1.807, 2.05) is 6.92 Å². The molecule has 0 aliphatic rings. The van der Waals surface area contributed by atoms with Crippen LogP contribution in [-0.4, -0.2) is 9.06 Å². The number of benzene rings is 1. The van der Waals surface area contributed by atoms with Crippen molar-refractivity contribution in [2.45, 2.75) is 13.5 Å². The van der Waals surface area contributed by atoms with E-state index in [4.69, 9.17) is 5.41 Å². The van der Waals surface area contributed by atoms with Crippen molar-refractivity contribution >= 4 is 21.6 Å². The van der Waals surface area contributed by atoms with Crippen LogP contribution in [0.3, 0.4) is 0 Å². The second-order valence-electron chi connectivity index (χ2n) is 2.91. The van der Waals surface area contributed by atoms with E-state index in [0.29, 0.717) is 16.6 Å². The number of halogens is 1. The van der Waals surface area contributed by atoms with Gasteiger partial charge in [-0.15, -0.1) is 0 Å². The Kier molecular flexibility index (Phi) is 2.03. The molecule has 0 fully saturated rings. The van der Waals surface area contributed by atoms with Crippen molar-refractivity contribution in [2.24, 2.45) is 0 Å². The molecule has 0 bridgehead atoms. The van der Waals surface area contributed by atoms with Crippen molar-refractivity contribution in [3.05, 3.63) is 23.4 Å². The van der Waals surface area contributed by atoms with Crippen molar-refractivity contribution < 1.29 is 9.50 Å². The van der Waals surface area contributed by atoms with Crippen LogP contribution in [0.2, 0.25) is 0 Å². The van der Waals surface area contributed by atoms with E-state index in [-0.39, 0.29) is 17.1 Å². The molecule has 3 nitrogen and oxygen atoms in total. The van der Waals surface area contributed by atoms with Gasteiger partial charge in [-0.05, 0) is 19.1 Å². The van der Waals surface area contributed by atoms with Crippen molar-refractivity contribution in [3.8, 4) is 5.75 Å². The predicted octanol–water partition coefficient (Wildman–Crippen LogP) is 2.05. The predicted molar refractivity (Wildman–Crippen MR) is 53.0 cm³/mol. The Bertz CT molecular complexity index is 543. The van der Waals surface area contributed by atoms with E-state index in [1.165, 1.54) is 12.1 Å². The van der Waals surface area contributed by atoms with Gasteiger partial charge in [0.1, 0.15) is 17.1 Å². The van der Waals surface area contributed by atoms with Crippen LogP contribution in [-0.2, 0) is 6.54 Å². The number of nitrogens with zero attached hydrogens (tertiary/aromatic N) is 1. The highest BCUT2D eigenvalue weighted by Gasteiger charge is 2.11. The van der Waals surface area contributed by atoms with Gasteiger partial charge in [-0.2, -0.15) is 0 Å². The standard InChI is InChI=1S/C9H9FN2OS/c1-2-12-9(11)7-6(13)4-3-5(10)8(7)14-12/h3-4,11,13H,2H2,1H3. The molecule has 1 aromatic carbocycles. The maximum Gasteiger partial charge on any atom is 0.146 e. The molecule has 14 heavy (non-hydrogen) atoms. The second kappa shape index (κ2) is 3.09. The highest BCUT2D eigenvalue weighted by Crippen LogP contribution is 2.27. The summed E-state index contributed by atoms with van der Waals surface area (Å²) >= 11 is 1.16. The second-order valence-corrected chi connectivity index (χ2v) is 3.94. The van der Waals surface area contributed by atoms with Crippen LogP contribution in [0, 0.1) is 11.2 Å². The summed E-state index contributed by atoms with van der Waals surface area (Å²) < 4.78 is 15.3. The molecule has 0 radical (unpaired) electrons. The minimum Gasteiger partial charge on any atom is -0.507 e. The molecule has 2 rings (SSSR count). The minimum absolute atomic E-state index is 0.0325. The number of rotatable bonds is 1. The number of phenols is 1. The molecule has 0 saturated heterocycles.